The van der Waals surface area contributed by atoms with Gasteiger partial charge in [0, 0.05) is 5.75 Å². The number of aliphatic carboxylic acids is 1. The molecular formula is C14H14N2O4S. The molecule has 110 valence electrons. The van der Waals surface area contributed by atoms with Crippen LogP contribution in [0.25, 0.3) is 0 Å². The molecule has 2 unspecified atom stereocenters. The van der Waals surface area contributed by atoms with Crippen LogP contribution in [0.4, 0.5) is 0 Å². The molecule has 2 N–H and O–H groups in total. The maximum atomic E-state index is 12.0. The van der Waals surface area contributed by atoms with E-state index in [1.807, 2.05) is 30.3 Å². The fourth-order valence-electron chi connectivity index (χ4n) is 2.59. The van der Waals surface area contributed by atoms with Gasteiger partial charge >= 0.3 is 5.97 Å². The van der Waals surface area contributed by atoms with Gasteiger partial charge in [0.2, 0.25) is 11.8 Å². The van der Waals surface area contributed by atoms with Gasteiger partial charge in [-0.15, -0.1) is 11.8 Å². The third kappa shape index (κ3) is 2.49. The molecule has 2 fully saturated rings. The molecule has 0 aliphatic carbocycles. The van der Waals surface area contributed by atoms with Crippen LogP contribution in [0.15, 0.2) is 30.3 Å². The Bertz CT molecular complexity index is 592. The molecule has 1 aromatic carbocycles. The summed E-state index contributed by atoms with van der Waals surface area (Å²) in [6.45, 7) is 0. The number of thioether (sulfide) groups is 1. The van der Waals surface area contributed by atoms with Crippen LogP contribution >= 0.6 is 11.8 Å². The highest BCUT2D eigenvalue weighted by Gasteiger charge is 2.57. The number of nitrogens with zero attached hydrogens (tertiary/aromatic N) is 1. The number of benzene rings is 1. The minimum Gasteiger partial charge on any atom is -0.480 e. The molecular weight excluding hydrogens is 292 g/mol. The summed E-state index contributed by atoms with van der Waals surface area (Å²) in [6.07, 6.45) is 0.213. The van der Waals surface area contributed by atoms with Gasteiger partial charge in [0.25, 0.3) is 0 Å². The van der Waals surface area contributed by atoms with Gasteiger partial charge in [-0.25, -0.2) is 4.79 Å². The van der Waals surface area contributed by atoms with Gasteiger partial charge in [0.15, 0.2) is 0 Å². The Morgan fingerprint density at radius 2 is 2.05 bits per heavy atom. The normalized spacial score (nSPS) is 27.0. The number of amides is 2. The molecule has 0 saturated carbocycles. The van der Waals surface area contributed by atoms with E-state index in [1.54, 1.807) is 0 Å². The molecule has 0 aromatic heterocycles. The van der Waals surface area contributed by atoms with Crippen molar-refractivity contribution in [2.75, 3.05) is 5.75 Å². The molecule has 2 saturated heterocycles. The lowest BCUT2D eigenvalue weighted by Crippen LogP contribution is -2.70. The van der Waals surface area contributed by atoms with E-state index in [-0.39, 0.29) is 23.6 Å². The average molecular weight is 306 g/mol. The number of hydrogen-bond acceptors (Lipinski definition) is 4. The van der Waals surface area contributed by atoms with E-state index in [4.69, 9.17) is 5.11 Å². The highest BCUT2D eigenvalue weighted by molar-refractivity contribution is 8.00. The van der Waals surface area contributed by atoms with E-state index in [9.17, 15) is 14.4 Å². The Labute approximate surface area is 125 Å². The number of carboxylic acids is 1. The third-order valence-corrected chi connectivity index (χ3v) is 5.00. The quantitative estimate of drug-likeness (QED) is 0.770. The summed E-state index contributed by atoms with van der Waals surface area (Å²) in [4.78, 5) is 36.3. The molecule has 2 aliphatic rings. The third-order valence-electron chi connectivity index (χ3n) is 3.65. The summed E-state index contributed by atoms with van der Waals surface area (Å²) in [7, 11) is 0. The molecule has 3 rings (SSSR count). The number of carboxylic acid groups (broad SMARTS) is 1. The van der Waals surface area contributed by atoms with Gasteiger partial charge in [0.1, 0.15) is 17.5 Å². The molecule has 7 heteroatoms. The molecule has 21 heavy (non-hydrogen) atoms. The molecule has 6 nitrogen and oxygen atoms in total. The standard InChI is InChI=1S/C14H14N2O4S/c17-10(6-8-4-2-1-3-5-8)15-11-12(18)16-9(14(19)20)7-21-13(11)16/h1-5,9,11,13H,6-7H2,(H,15,17)(H,19,20)/t9?,11?,13-/m1/s1. The Morgan fingerprint density at radius 1 is 1.33 bits per heavy atom. The Balaban J connectivity index is 1.59. The number of nitrogens with one attached hydrogen (secondary N) is 1. The van der Waals surface area contributed by atoms with Crippen LogP contribution in [0, 0.1) is 0 Å². The zero-order chi connectivity index (χ0) is 15.0. The molecule has 2 aliphatic heterocycles. The molecule has 2 amide bonds. The van der Waals surface area contributed by atoms with Gasteiger partial charge in [-0.1, -0.05) is 30.3 Å². The summed E-state index contributed by atoms with van der Waals surface area (Å²) < 4.78 is 0. The van der Waals surface area contributed by atoms with Crippen LogP contribution < -0.4 is 5.32 Å². The monoisotopic (exact) mass is 306 g/mol. The fourth-order valence-corrected chi connectivity index (χ4v) is 4.06. The second-order valence-electron chi connectivity index (χ2n) is 5.03. The van der Waals surface area contributed by atoms with Gasteiger partial charge in [-0.2, -0.15) is 0 Å². The predicted octanol–water partition coefficient (Wildman–Crippen LogP) is 0.0822. The first-order valence-electron chi connectivity index (χ1n) is 6.58. The molecule has 0 spiro atoms. The summed E-state index contributed by atoms with van der Waals surface area (Å²) in [5, 5.41) is 11.5. The second-order valence-corrected chi connectivity index (χ2v) is 6.18. The lowest BCUT2D eigenvalue weighted by molar-refractivity contribution is -0.159. The van der Waals surface area contributed by atoms with Crippen LogP contribution in [0.5, 0.6) is 0 Å². The number of fused-ring (bicyclic) bond motifs is 1. The lowest BCUT2D eigenvalue weighted by Gasteiger charge is -2.43. The highest BCUT2D eigenvalue weighted by atomic mass is 32.2. The van der Waals surface area contributed by atoms with E-state index in [0.29, 0.717) is 5.75 Å². The topological polar surface area (TPSA) is 86.7 Å². The molecule has 0 radical (unpaired) electrons. The van der Waals surface area contributed by atoms with Crippen molar-refractivity contribution >= 4 is 29.5 Å². The summed E-state index contributed by atoms with van der Waals surface area (Å²) in [6, 6.07) is 7.89. The van der Waals surface area contributed by atoms with Crippen molar-refractivity contribution in [3.8, 4) is 0 Å². The van der Waals surface area contributed by atoms with Crippen LogP contribution in [0.1, 0.15) is 5.56 Å². The smallest absolute Gasteiger partial charge is 0.327 e. The summed E-state index contributed by atoms with van der Waals surface area (Å²) in [5.74, 6) is -1.15. The Kier molecular flexibility index (Phi) is 3.59. The Hall–Kier alpha value is -2.02. The van der Waals surface area contributed by atoms with Gasteiger partial charge in [-0.3, -0.25) is 9.59 Å². The molecule has 1 aromatic rings. The van der Waals surface area contributed by atoms with Crippen molar-refractivity contribution in [1.82, 2.24) is 10.2 Å². The summed E-state index contributed by atoms with van der Waals surface area (Å²) in [5.41, 5.74) is 0.876. The van der Waals surface area contributed by atoms with E-state index in [1.165, 1.54) is 16.7 Å². The van der Waals surface area contributed by atoms with Crippen LogP contribution in [-0.4, -0.2) is 51.0 Å². The van der Waals surface area contributed by atoms with Crippen molar-refractivity contribution in [3.05, 3.63) is 35.9 Å². The number of β-lactam (4-membered cyclic amide) rings is 1. The van der Waals surface area contributed by atoms with Crippen LogP contribution in [-0.2, 0) is 20.8 Å². The summed E-state index contributed by atoms with van der Waals surface area (Å²) >= 11 is 1.40. The van der Waals surface area contributed by atoms with Crippen molar-refractivity contribution in [2.45, 2.75) is 23.9 Å². The first-order valence-corrected chi connectivity index (χ1v) is 7.62. The average Bonchev–Trinajstić information content (AvgIpc) is 2.86. The minimum atomic E-state index is -0.993. The second kappa shape index (κ2) is 5.40. The van der Waals surface area contributed by atoms with E-state index in [2.05, 4.69) is 5.32 Å². The van der Waals surface area contributed by atoms with Crippen LogP contribution in [0.2, 0.25) is 0 Å². The zero-order valence-electron chi connectivity index (χ0n) is 11.1. The molecule has 3 atom stereocenters. The van der Waals surface area contributed by atoms with Crippen molar-refractivity contribution in [1.29, 1.82) is 0 Å². The number of hydrogen-bond donors (Lipinski definition) is 2. The van der Waals surface area contributed by atoms with Gasteiger partial charge in [0.05, 0.1) is 6.42 Å². The largest absolute Gasteiger partial charge is 0.480 e. The lowest BCUT2D eigenvalue weighted by atomic mass is 10.0. The maximum absolute atomic E-state index is 12.0. The zero-order valence-corrected chi connectivity index (χ0v) is 11.9. The number of carbonyl (C=O) groups excluding carboxylic acids is 2. The first-order chi connectivity index (χ1) is 10.1. The highest BCUT2D eigenvalue weighted by Crippen LogP contribution is 2.39. The minimum absolute atomic E-state index is 0.213. The van der Waals surface area contributed by atoms with Gasteiger partial charge in [-0.05, 0) is 5.56 Å². The predicted molar refractivity (Wildman–Crippen MR) is 76.6 cm³/mol. The SMILES string of the molecule is O=C(Cc1ccccc1)NC1C(=O)N2C(C(=O)O)CS[C@H]12. The first kappa shape index (κ1) is 13.9. The van der Waals surface area contributed by atoms with Crippen molar-refractivity contribution in [2.24, 2.45) is 0 Å². The molecule has 0 bridgehead atoms. The van der Waals surface area contributed by atoms with E-state index < -0.39 is 18.1 Å². The van der Waals surface area contributed by atoms with Crippen molar-refractivity contribution in [3.63, 3.8) is 0 Å². The fraction of sp³-hybridized carbons (Fsp3) is 0.357. The molecule has 2 heterocycles. The van der Waals surface area contributed by atoms with Crippen LogP contribution in [0.3, 0.4) is 0 Å². The number of carbonyl (C=O) groups is 3. The maximum Gasteiger partial charge on any atom is 0.327 e. The number of rotatable bonds is 4. The van der Waals surface area contributed by atoms with E-state index in [0.717, 1.165) is 5.56 Å². The van der Waals surface area contributed by atoms with E-state index >= 15 is 0 Å². The Morgan fingerprint density at radius 3 is 2.71 bits per heavy atom. The van der Waals surface area contributed by atoms with Gasteiger partial charge < -0.3 is 15.3 Å². The van der Waals surface area contributed by atoms with Crippen molar-refractivity contribution < 1.29 is 19.5 Å².